The first-order valence-electron chi connectivity index (χ1n) is 7.23. The monoisotopic (exact) mass is 272 g/mol. The van der Waals surface area contributed by atoms with E-state index in [9.17, 15) is 9.59 Å². The smallest absolute Gasteiger partial charge is 0.306 e. The number of rotatable bonds is 10. The molecule has 0 amide bonds. The lowest BCUT2D eigenvalue weighted by atomic mass is 10.1. The van der Waals surface area contributed by atoms with Crippen LogP contribution in [0.3, 0.4) is 0 Å². The summed E-state index contributed by atoms with van der Waals surface area (Å²) in [5.41, 5.74) is 0. The van der Waals surface area contributed by atoms with Crippen molar-refractivity contribution in [3.05, 3.63) is 0 Å². The molecule has 0 fully saturated rings. The molecule has 0 rings (SSSR count). The third-order valence-corrected chi connectivity index (χ3v) is 2.68. The lowest BCUT2D eigenvalue weighted by Gasteiger charge is -2.07. The molecule has 0 aromatic carbocycles. The SMILES string of the molecule is CC(C)CCCOC(=O)CCC(=O)OCCC(C)C. The second-order valence-corrected chi connectivity index (χ2v) is 5.66. The molecule has 112 valence electrons. The molecule has 0 aliphatic carbocycles. The van der Waals surface area contributed by atoms with Gasteiger partial charge in [0.15, 0.2) is 0 Å². The largest absolute Gasteiger partial charge is 0.466 e. The van der Waals surface area contributed by atoms with Crippen molar-refractivity contribution in [2.24, 2.45) is 11.8 Å². The zero-order valence-electron chi connectivity index (χ0n) is 12.7. The first kappa shape index (κ1) is 17.9. The molecular formula is C15H28O4. The minimum Gasteiger partial charge on any atom is -0.466 e. The molecule has 4 nitrogen and oxygen atoms in total. The third kappa shape index (κ3) is 13.2. The maximum atomic E-state index is 11.3. The normalized spacial score (nSPS) is 10.8. The van der Waals surface area contributed by atoms with Gasteiger partial charge in [-0.25, -0.2) is 0 Å². The van der Waals surface area contributed by atoms with Gasteiger partial charge >= 0.3 is 11.9 Å². The molecule has 0 aliphatic rings. The highest BCUT2D eigenvalue weighted by Gasteiger charge is 2.09. The van der Waals surface area contributed by atoms with Crippen LogP contribution in [0.15, 0.2) is 0 Å². The first-order chi connectivity index (χ1) is 8.91. The summed E-state index contributed by atoms with van der Waals surface area (Å²) in [5.74, 6) is 0.498. The van der Waals surface area contributed by atoms with Crippen molar-refractivity contribution in [1.29, 1.82) is 0 Å². The van der Waals surface area contributed by atoms with Crippen molar-refractivity contribution in [2.45, 2.75) is 59.8 Å². The number of hydrogen-bond acceptors (Lipinski definition) is 4. The molecule has 0 atom stereocenters. The molecule has 0 saturated heterocycles. The van der Waals surface area contributed by atoms with Crippen molar-refractivity contribution in [1.82, 2.24) is 0 Å². The zero-order valence-corrected chi connectivity index (χ0v) is 12.7. The fourth-order valence-electron chi connectivity index (χ4n) is 1.43. The summed E-state index contributed by atoms with van der Waals surface area (Å²) in [4.78, 5) is 22.7. The molecule has 0 radical (unpaired) electrons. The zero-order chi connectivity index (χ0) is 14.7. The van der Waals surface area contributed by atoms with Crippen LogP contribution in [0.25, 0.3) is 0 Å². The van der Waals surface area contributed by atoms with Crippen LogP contribution in [0.2, 0.25) is 0 Å². The second kappa shape index (κ2) is 10.8. The number of carbonyl (C=O) groups excluding carboxylic acids is 2. The molecule has 0 spiro atoms. The lowest BCUT2D eigenvalue weighted by Crippen LogP contribution is -2.12. The van der Waals surface area contributed by atoms with Crippen molar-refractivity contribution in [2.75, 3.05) is 13.2 Å². The van der Waals surface area contributed by atoms with Gasteiger partial charge in [-0.05, 0) is 31.1 Å². The summed E-state index contributed by atoms with van der Waals surface area (Å²) in [6.45, 7) is 9.29. The number of ether oxygens (including phenoxy) is 2. The Morgan fingerprint density at radius 2 is 1.26 bits per heavy atom. The van der Waals surface area contributed by atoms with Gasteiger partial charge in [0, 0.05) is 0 Å². The van der Waals surface area contributed by atoms with E-state index in [1.165, 1.54) is 0 Å². The highest BCUT2D eigenvalue weighted by Crippen LogP contribution is 2.05. The maximum Gasteiger partial charge on any atom is 0.306 e. The molecule has 4 heteroatoms. The van der Waals surface area contributed by atoms with Crippen molar-refractivity contribution >= 4 is 11.9 Å². The van der Waals surface area contributed by atoms with E-state index in [-0.39, 0.29) is 24.8 Å². The Morgan fingerprint density at radius 3 is 1.74 bits per heavy atom. The second-order valence-electron chi connectivity index (χ2n) is 5.66. The van der Waals surface area contributed by atoms with Gasteiger partial charge in [0.2, 0.25) is 0 Å². The van der Waals surface area contributed by atoms with Gasteiger partial charge in [0.25, 0.3) is 0 Å². The van der Waals surface area contributed by atoms with Crippen molar-refractivity contribution < 1.29 is 19.1 Å². The van der Waals surface area contributed by atoms with E-state index in [2.05, 4.69) is 27.7 Å². The predicted octanol–water partition coefficient (Wildman–Crippen LogP) is 3.34. The van der Waals surface area contributed by atoms with Gasteiger partial charge in [-0.1, -0.05) is 27.7 Å². The summed E-state index contributed by atoms with van der Waals surface area (Å²) >= 11 is 0. The number of esters is 2. The Balaban J connectivity index is 3.48. The van der Waals surface area contributed by atoms with E-state index in [1.807, 2.05) is 0 Å². The van der Waals surface area contributed by atoms with Crippen LogP contribution in [0.1, 0.15) is 59.8 Å². The van der Waals surface area contributed by atoms with Gasteiger partial charge in [-0.15, -0.1) is 0 Å². The van der Waals surface area contributed by atoms with Crippen LogP contribution in [-0.2, 0) is 19.1 Å². The van der Waals surface area contributed by atoms with Gasteiger partial charge in [-0.2, -0.15) is 0 Å². The molecule has 0 N–H and O–H groups in total. The molecule has 0 saturated carbocycles. The first-order valence-corrected chi connectivity index (χ1v) is 7.23. The summed E-state index contributed by atoms with van der Waals surface area (Å²) in [5, 5.41) is 0. The van der Waals surface area contributed by atoms with E-state index in [0.29, 0.717) is 25.0 Å². The van der Waals surface area contributed by atoms with E-state index in [4.69, 9.17) is 9.47 Å². The molecule has 0 unspecified atom stereocenters. The number of carbonyl (C=O) groups is 2. The Morgan fingerprint density at radius 1 is 0.789 bits per heavy atom. The summed E-state index contributed by atoms with van der Waals surface area (Å²) < 4.78 is 10.1. The third-order valence-electron chi connectivity index (χ3n) is 2.68. The molecule has 19 heavy (non-hydrogen) atoms. The lowest BCUT2D eigenvalue weighted by molar-refractivity contribution is -0.150. The minimum atomic E-state index is -0.320. The standard InChI is InChI=1S/C15H28O4/c1-12(2)6-5-10-18-14(16)7-8-15(17)19-11-9-13(3)4/h12-13H,5-11H2,1-4H3. The maximum absolute atomic E-state index is 11.3. The van der Waals surface area contributed by atoms with Crippen LogP contribution in [0.4, 0.5) is 0 Å². The molecule has 0 bridgehead atoms. The average molecular weight is 272 g/mol. The van der Waals surface area contributed by atoms with Crippen LogP contribution < -0.4 is 0 Å². The van der Waals surface area contributed by atoms with Crippen molar-refractivity contribution in [3.63, 3.8) is 0 Å². The van der Waals surface area contributed by atoms with Gasteiger partial charge in [0.1, 0.15) is 0 Å². The quantitative estimate of drug-likeness (QED) is 0.452. The summed E-state index contributed by atoms with van der Waals surface area (Å²) in [6, 6.07) is 0. The van der Waals surface area contributed by atoms with Gasteiger partial charge < -0.3 is 9.47 Å². The van der Waals surface area contributed by atoms with Gasteiger partial charge in [-0.3, -0.25) is 9.59 Å². The predicted molar refractivity (Wildman–Crippen MR) is 74.7 cm³/mol. The fraction of sp³-hybridized carbons (Fsp3) is 0.867. The molecule has 0 heterocycles. The Hall–Kier alpha value is -1.06. The summed E-state index contributed by atoms with van der Waals surface area (Å²) in [7, 11) is 0. The highest BCUT2D eigenvalue weighted by molar-refractivity contribution is 5.77. The van der Waals surface area contributed by atoms with E-state index in [0.717, 1.165) is 19.3 Å². The van der Waals surface area contributed by atoms with Crippen LogP contribution in [0.5, 0.6) is 0 Å². The van der Waals surface area contributed by atoms with E-state index in [1.54, 1.807) is 0 Å². The Labute approximate surface area is 116 Å². The van der Waals surface area contributed by atoms with E-state index < -0.39 is 0 Å². The molecule has 0 aromatic rings. The Kier molecular flexibility index (Phi) is 10.2. The average Bonchev–Trinajstić information content (AvgIpc) is 2.31. The van der Waals surface area contributed by atoms with Gasteiger partial charge in [0.05, 0.1) is 26.1 Å². The van der Waals surface area contributed by atoms with Crippen LogP contribution in [0, 0.1) is 11.8 Å². The highest BCUT2D eigenvalue weighted by atomic mass is 16.5. The van der Waals surface area contributed by atoms with E-state index >= 15 is 0 Å². The van der Waals surface area contributed by atoms with Crippen LogP contribution >= 0.6 is 0 Å². The Bertz CT molecular complexity index is 259. The molecule has 0 aromatic heterocycles. The fourth-order valence-corrected chi connectivity index (χ4v) is 1.43. The molecular weight excluding hydrogens is 244 g/mol. The topological polar surface area (TPSA) is 52.6 Å². The summed E-state index contributed by atoms with van der Waals surface area (Å²) in [6.07, 6.45) is 3.00. The minimum absolute atomic E-state index is 0.112. The number of hydrogen-bond donors (Lipinski definition) is 0. The molecule has 0 aliphatic heterocycles. The van der Waals surface area contributed by atoms with Crippen molar-refractivity contribution in [3.8, 4) is 0 Å². The van der Waals surface area contributed by atoms with Crippen LogP contribution in [-0.4, -0.2) is 25.2 Å².